The Balaban J connectivity index is 1.88. The number of benzene rings is 2. The van der Waals surface area contributed by atoms with Crippen molar-refractivity contribution in [3.63, 3.8) is 0 Å². The number of aliphatic carboxylic acids is 2. The lowest BCUT2D eigenvalue weighted by molar-refractivity contribution is -0.271. The third kappa shape index (κ3) is 5.23. The van der Waals surface area contributed by atoms with Gasteiger partial charge in [0.1, 0.15) is 24.1 Å². The smallest absolute Gasteiger partial charge is 0.335 e. The molecule has 0 aliphatic carbocycles. The Morgan fingerprint density at radius 3 is 2.25 bits per heavy atom. The van der Waals surface area contributed by atoms with Crippen molar-refractivity contribution < 1.29 is 44.6 Å². The number of ether oxygens (including phenoxy) is 2. The lowest BCUT2D eigenvalue weighted by Gasteiger charge is -2.38. The van der Waals surface area contributed by atoms with Crippen LogP contribution in [-0.4, -0.2) is 68.2 Å². The summed E-state index contributed by atoms with van der Waals surface area (Å²) in [6.07, 6.45) is -9.35. The van der Waals surface area contributed by atoms with Gasteiger partial charge in [0, 0.05) is 5.69 Å². The van der Waals surface area contributed by atoms with Crippen LogP contribution in [0.5, 0.6) is 5.75 Å². The van der Waals surface area contributed by atoms with Gasteiger partial charge in [-0.3, -0.25) is 4.79 Å². The fourth-order valence-electron chi connectivity index (χ4n) is 3.11. The molecule has 6 N–H and O–H groups in total. The molecule has 0 amide bonds. The molecule has 5 atom stereocenters. The molecule has 1 fully saturated rings. The average Bonchev–Trinajstić information content (AvgIpc) is 2.72. The van der Waals surface area contributed by atoms with Crippen molar-refractivity contribution in [1.29, 1.82) is 0 Å². The van der Waals surface area contributed by atoms with Crippen LogP contribution < -0.4 is 10.1 Å². The number of halogens is 2. The maximum atomic E-state index is 11.3. The molecule has 0 aromatic heterocycles. The zero-order chi connectivity index (χ0) is 23.6. The molecule has 1 aliphatic rings. The van der Waals surface area contributed by atoms with E-state index in [9.17, 15) is 30.0 Å². The topological polar surface area (TPSA) is 166 Å². The van der Waals surface area contributed by atoms with Crippen LogP contribution >= 0.6 is 23.2 Å². The summed E-state index contributed by atoms with van der Waals surface area (Å²) in [4.78, 5) is 22.6. The Kier molecular flexibility index (Phi) is 7.44. The summed E-state index contributed by atoms with van der Waals surface area (Å²) in [7, 11) is 0. The molecule has 1 aliphatic heterocycles. The molecular weight excluding hydrogens is 469 g/mol. The molecule has 0 spiro atoms. The van der Waals surface area contributed by atoms with Crippen molar-refractivity contribution in [2.75, 3.05) is 5.32 Å². The Morgan fingerprint density at radius 1 is 1.00 bits per heavy atom. The fraction of sp³-hybridized carbons (Fsp3) is 0.300. The highest BCUT2D eigenvalue weighted by Crippen LogP contribution is 2.35. The van der Waals surface area contributed by atoms with Crippen molar-refractivity contribution in [3.05, 3.63) is 52.0 Å². The molecule has 1 heterocycles. The summed E-state index contributed by atoms with van der Waals surface area (Å²) in [6, 6.07) is 9.07. The SMILES string of the molecule is O=C(O)Cc1cc(OC2O[C@H](C(=O)O)[C@@H](O)[C@H](O)[C@H]2O)ccc1Nc1c(Cl)cccc1Cl. The number of hydrogen-bond donors (Lipinski definition) is 6. The van der Waals surface area contributed by atoms with Crippen LogP contribution in [0, 0.1) is 0 Å². The van der Waals surface area contributed by atoms with Crippen molar-refractivity contribution in [3.8, 4) is 5.75 Å². The second-order valence-corrected chi connectivity index (χ2v) is 7.78. The van der Waals surface area contributed by atoms with Crippen molar-refractivity contribution in [1.82, 2.24) is 0 Å². The highest BCUT2D eigenvalue weighted by molar-refractivity contribution is 6.39. The van der Waals surface area contributed by atoms with Gasteiger partial charge >= 0.3 is 11.9 Å². The van der Waals surface area contributed by atoms with Gasteiger partial charge in [-0.1, -0.05) is 29.3 Å². The van der Waals surface area contributed by atoms with Gasteiger partial charge in [0.25, 0.3) is 0 Å². The summed E-state index contributed by atoms with van der Waals surface area (Å²) in [6.45, 7) is 0. The molecule has 1 unspecified atom stereocenters. The first-order valence-electron chi connectivity index (χ1n) is 9.23. The van der Waals surface area contributed by atoms with E-state index < -0.39 is 49.1 Å². The van der Waals surface area contributed by atoms with Crippen LogP contribution in [-0.2, 0) is 20.7 Å². The molecule has 2 aromatic carbocycles. The predicted molar refractivity (Wildman–Crippen MR) is 112 cm³/mol. The van der Waals surface area contributed by atoms with E-state index in [1.54, 1.807) is 18.2 Å². The van der Waals surface area contributed by atoms with Gasteiger partial charge in [-0.05, 0) is 35.9 Å². The van der Waals surface area contributed by atoms with Crippen LogP contribution in [0.3, 0.4) is 0 Å². The zero-order valence-corrected chi connectivity index (χ0v) is 17.7. The first-order valence-corrected chi connectivity index (χ1v) is 9.99. The number of carboxylic acid groups (broad SMARTS) is 2. The van der Waals surface area contributed by atoms with Crippen LogP contribution in [0.15, 0.2) is 36.4 Å². The Morgan fingerprint density at radius 2 is 1.66 bits per heavy atom. The van der Waals surface area contributed by atoms with Gasteiger partial charge in [-0.15, -0.1) is 0 Å². The molecule has 2 aromatic rings. The summed E-state index contributed by atoms with van der Waals surface area (Å²) in [5.41, 5.74) is 0.981. The standard InChI is InChI=1S/C20H19Cl2NO9/c21-10-2-1-3-11(22)14(10)23-12-5-4-9(6-8(12)7-13(24)25)31-20-17(28)15(26)16(27)18(32-20)19(29)30/h1-6,15-18,20,23,26-28H,7H2,(H,24,25)(H,29,30)/t15-,16-,17+,18-,20?/m0/s1. The van der Waals surface area contributed by atoms with E-state index in [2.05, 4.69) is 5.32 Å². The molecule has 0 saturated carbocycles. The second-order valence-electron chi connectivity index (χ2n) is 6.96. The lowest BCUT2D eigenvalue weighted by Crippen LogP contribution is -2.61. The Bertz CT molecular complexity index is 998. The molecule has 12 heteroatoms. The van der Waals surface area contributed by atoms with Crippen LogP contribution in [0.25, 0.3) is 0 Å². The molecule has 1 saturated heterocycles. The highest BCUT2D eigenvalue weighted by atomic mass is 35.5. The summed E-state index contributed by atoms with van der Waals surface area (Å²) >= 11 is 12.3. The van der Waals surface area contributed by atoms with E-state index in [0.29, 0.717) is 21.4 Å². The van der Waals surface area contributed by atoms with Crippen molar-refractivity contribution in [2.24, 2.45) is 0 Å². The molecule has 32 heavy (non-hydrogen) atoms. The van der Waals surface area contributed by atoms with Gasteiger partial charge in [-0.25, -0.2) is 4.79 Å². The van der Waals surface area contributed by atoms with E-state index in [0.717, 1.165) is 0 Å². The van der Waals surface area contributed by atoms with E-state index in [-0.39, 0.29) is 11.3 Å². The lowest BCUT2D eigenvalue weighted by atomic mass is 9.99. The summed E-state index contributed by atoms with van der Waals surface area (Å²) < 4.78 is 10.5. The van der Waals surface area contributed by atoms with E-state index >= 15 is 0 Å². The predicted octanol–water partition coefficient (Wildman–Crippen LogP) is 1.64. The third-order valence-electron chi connectivity index (χ3n) is 4.71. The number of rotatable bonds is 7. The minimum absolute atomic E-state index is 0.0221. The van der Waals surface area contributed by atoms with Crippen LogP contribution in [0.4, 0.5) is 11.4 Å². The summed E-state index contributed by atoms with van der Waals surface area (Å²) in [5.74, 6) is -2.68. The Labute approximate surface area is 191 Å². The number of carbonyl (C=O) groups is 2. The minimum Gasteiger partial charge on any atom is -0.481 e. The van der Waals surface area contributed by atoms with Crippen LogP contribution in [0.1, 0.15) is 5.56 Å². The largest absolute Gasteiger partial charge is 0.481 e. The van der Waals surface area contributed by atoms with Crippen molar-refractivity contribution in [2.45, 2.75) is 37.1 Å². The number of para-hydroxylation sites is 1. The molecular formula is C20H19Cl2NO9. The highest BCUT2D eigenvalue weighted by Gasteiger charge is 2.48. The molecule has 10 nitrogen and oxygen atoms in total. The third-order valence-corrected chi connectivity index (χ3v) is 5.34. The first-order chi connectivity index (χ1) is 15.1. The van der Waals surface area contributed by atoms with Gasteiger partial charge < -0.3 is 40.3 Å². The molecule has 0 bridgehead atoms. The second kappa shape index (κ2) is 9.90. The number of nitrogens with one attached hydrogen (secondary N) is 1. The fourth-order valence-corrected chi connectivity index (χ4v) is 3.60. The van der Waals surface area contributed by atoms with Crippen LogP contribution in [0.2, 0.25) is 10.0 Å². The number of aliphatic hydroxyl groups excluding tert-OH is 3. The number of hydrogen-bond acceptors (Lipinski definition) is 8. The van der Waals surface area contributed by atoms with Gasteiger partial charge in [0.05, 0.1) is 22.2 Å². The number of anilines is 2. The number of carboxylic acids is 2. The van der Waals surface area contributed by atoms with Gasteiger partial charge in [0.15, 0.2) is 6.10 Å². The first kappa shape index (κ1) is 24.1. The molecule has 3 rings (SSSR count). The molecule has 0 radical (unpaired) electrons. The normalized spacial score (nSPS) is 25.2. The zero-order valence-electron chi connectivity index (χ0n) is 16.2. The monoisotopic (exact) mass is 487 g/mol. The quantitative estimate of drug-likeness (QED) is 0.337. The van der Waals surface area contributed by atoms with E-state index in [4.69, 9.17) is 37.8 Å². The van der Waals surface area contributed by atoms with E-state index in [1.165, 1.54) is 18.2 Å². The van der Waals surface area contributed by atoms with Crippen molar-refractivity contribution >= 4 is 46.5 Å². The van der Waals surface area contributed by atoms with E-state index in [1.807, 2.05) is 0 Å². The molecule has 172 valence electrons. The minimum atomic E-state index is -1.86. The maximum absolute atomic E-state index is 11.3. The van der Waals surface area contributed by atoms with Gasteiger partial charge in [-0.2, -0.15) is 0 Å². The number of aliphatic hydroxyl groups is 3. The Hall–Kier alpha value is -2.60. The van der Waals surface area contributed by atoms with Gasteiger partial charge in [0.2, 0.25) is 6.29 Å². The average molecular weight is 488 g/mol. The summed E-state index contributed by atoms with van der Waals surface area (Å²) in [5, 5.41) is 51.8. The maximum Gasteiger partial charge on any atom is 0.335 e.